The Balaban J connectivity index is 1.40. The average molecular weight is 475 g/mol. The summed E-state index contributed by atoms with van der Waals surface area (Å²) in [7, 11) is 0. The smallest absolute Gasteiger partial charge is 0.358 e. The van der Waals surface area contributed by atoms with Gasteiger partial charge < -0.3 is 15.4 Å². The van der Waals surface area contributed by atoms with Crippen LogP contribution in [0.3, 0.4) is 0 Å². The van der Waals surface area contributed by atoms with Gasteiger partial charge in [0.15, 0.2) is 0 Å². The molecule has 0 saturated carbocycles. The maximum atomic E-state index is 13.2. The molecule has 9 nitrogen and oxygen atoms in total. The number of hydrogen-bond donors (Lipinski definition) is 1. The van der Waals surface area contributed by atoms with E-state index in [2.05, 4.69) is 15.5 Å². The van der Waals surface area contributed by atoms with Gasteiger partial charge in [0.1, 0.15) is 5.82 Å². The first-order valence-electron chi connectivity index (χ1n) is 9.32. The Morgan fingerprint density at radius 2 is 2.12 bits per heavy atom. The van der Waals surface area contributed by atoms with E-state index in [1.54, 1.807) is 29.9 Å². The Kier molecular flexibility index (Phi) is 6.01. The van der Waals surface area contributed by atoms with Gasteiger partial charge in [-0.15, -0.1) is 11.3 Å². The van der Waals surface area contributed by atoms with Crippen LogP contribution in [0.5, 0.6) is 0 Å². The van der Waals surface area contributed by atoms with Crippen LogP contribution >= 0.6 is 22.9 Å². The number of aryl methyl sites for hydroxylation is 1. The monoisotopic (exact) mass is 474 g/mol. The zero-order valence-corrected chi connectivity index (χ0v) is 18.2. The molecule has 0 bridgehead atoms. The van der Waals surface area contributed by atoms with Crippen LogP contribution in [0.4, 0.5) is 15.9 Å². The van der Waals surface area contributed by atoms with Crippen LogP contribution in [0.25, 0.3) is 0 Å². The number of aromatic nitrogens is 4. The van der Waals surface area contributed by atoms with Crippen molar-refractivity contribution in [1.82, 2.24) is 19.6 Å². The number of carbonyl (C=O) groups is 1. The van der Waals surface area contributed by atoms with E-state index in [4.69, 9.17) is 11.6 Å². The second-order valence-electron chi connectivity index (χ2n) is 6.99. The van der Waals surface area contributed by atoms with E-state index < -0.39 is 10.7 Å². The second kappa shape index (κ2) is 8.89. The van der Waals surface area contributed by atoms with Crippen molar-refractivity contribution in [2.75, 3.05) is 5.32 Å². The van der Waals surface area contributed by atoms with Gasteiger partial charge in [-0.25, -0.2) is 4.39 Å². The van der Waals surface area contributed by atoms with E-state index in [-0.39, 0.29) is 11.7 Å². The number of nitro groups is 1. The lowest BCUT2D eigenvalue weighted by atomic mass is 10.2. The highest BCUT2D eigenvalue weighted by Gasteiger charge is 2.17. The number of nitrogens with zero attached hydrogens (tertiary/aromatic N) is 5. The van der Waals surface area contributed by atoms with E-state index in [0.717, 1.165) is 5.56 Å². The highest BCUT2D eigenvalue weighted by Crippen LogP contribution is 2.21. The molecule has 0 radical (unpaired) electrons. The van der Waals surface area contributed by atoms with E-state index in [1.165, 1.54) is 40.4 Å². The summed E-state index contributed by atoms with van der Waals surface area (Å²) in [6.07, 6.45) is 3.16. The van der Waals surface area contributed by atoms with E-state index in [0.29, 0.717) is 39.9 Å². The van der Waals surface area contributed by atoms with Gasteiger partial charge in [-0.1, -0.05) is 17.7 Å². The summed E-state index contributed by atoms with van der Waals surface area (Å²) in [5.41, 5.74) is 2.67. The van der Waals surface area contributed by atoms with E-state index in [1.807, 2.05) is 5.38 Å². The normalized spacial score (nSPS) is 11.0. The fraction of sp³-hybridized carbons (Fsp3) is 0.150. The highest BCUT2D eigenvalue weighted by atomic mass is 35.5. The molecule has 32 heavy (non-hydrogen) atoms. The molecule has 4 rings (SSSR count). The van der Waals surface area contributed by atoms with Gasteiger partial charge in [0, 0.05) is 11.2 Å². The zero-order chi connectivity index (χ0) is 22.8. The first-order valence-corrected chi connectivity index (χ1v) is 10.6. The lowest BCUT2D eigenvalue weighted by molar-refractivity contribution is -0.389. The molecule has 0 unspecified atom stereocenters. The SMILES string of the molecule is Cc1cc([N+](=O)[O-])nn1Cc1csc(C(=O)Nc2cnn(Cc3ccc(F)cc3Cl)c2)c1. The molecule has 0 atom stereocenters. The fourth-order valence-corrected chi connectivity index (χ4v) is 4.05. The number of carbonyl (C=O) groups excluding carboxylic acids is 1. The highest BCUT2D eigenvalue weighted by molar-refractivity contribution is 7.12. The molecule has 1 aromatic carbocycles. The number of nitrogens with one attached hydrogen (secondary N) is 1. The molecule has 0 saturated heterocycles. The van der Waals surface area contributed by atoms with Gasteiger partial charge in [0.25, 0.3) is 5.91 Å². The molecule has 1 N–H and O–H groups in total. The van der Waals surface area contributed by atoms with Gasteiger partial charge in [0.05, 0.1) is 46.7 Å². The Morgan fingerprint density at radius 1 is 1.31 bits per heavy atom. The van der Waals surface area contributed by atoms with Crippen LogP contribution in [-0.2, 0) is 13.1 Å². The molecule has 0 aliphatic heterocycles. The minimum Gasteiger partial charge on any atom is -0.358 e. The minimum atomic E-state index is -0.541. The second-order valence-corrected chi connectivity index (χ2v) is 8.31. The van der Waals surface area contributed by atoms with Gasteiger partial charge >= 0.3 is 5.82 Å². The van der Waals surface area contributed by atoms with Crippen LogP contribution in [0.1, 0.15) is 26.5 Å². The maximum Gasteiger partial charge on any atom is 0.390 e. The fourth-order valence-electron chi connectivity index (χ4n) is 3.02. The molecule has 4 aromatic rings. The van der Waals surface area contributed by atoms with Crippen molar-refractivity contribution in [2.45, 2.75) is 20.0 Å². The van der Waals surface area contributed by atoms with Gasteiger partial charge in [-0.05, 0) is 46.6 Å². The topological polar surface area (TPSA) is 108 Å². The predicted octanol–water partition coefficient (Wildman–Crippen LogP) is 4.50. The Labute approximate surface area is 190 Å². The molecule has 3 heterocycles. The lowest BCUT2D eigenvalue weighted by Crippen LogP contribution is -2.10. The third kappa shape index (κ3) is 4.84. The molecule has 3 aromatic heterocycles. The molecule has 12 heteroatoms. The summed E-state index contributed by atoms with van der Waals surface area (Å²) in [6.45, 7) is 2.38. The van der Waals surface area contributed by atoms with Gasteiger partial charge in [-0.2, -0.15) is 9.78 Å². The summed E-state index contributed by atoms with van der Waals surface area (Å²) < 4.78 is 16.3. The number of anilines is 1. The number of rotatable bonds is 7. The van der Waals surface area contributed by atoms with Crippen LogP contribution in [-0.4, -0.2) is 30.4 Å². The minimum absolute atomic E-state index is 0.213. The first kappa shape index (κ1) is 21.7. The van der Waals surface area contributed by atoms with Crippen molar-refractivity contribution < 1.29 is 14.1 Å². The van der Waals surface area contributed by atoms with Crippen molar-refractivity contribution in [1.29, 1.82) is 0 Å². The first-order chi connectivity index (χ1) is 15.3. The molecule has 164 valence electrons. The molecule has 0 aliphatic rings. The van der Waals surface area contributed by atoms with Crippen LogP contribution < -0.4 is 5.32 Å². The molecule has 0 fully saturated rings. The van der Waals surface area contributed by atoms with Crippen molar-refractivity contribution in [3.05, 3.63) is 90.8 Å². The summed E-state index contributed by atoms with van der Waals surface area (Å²) in [5.74, 6) is -0.929. The molecule has 0 aliphatic carbocycles. The quantitative estimate of drug-likeness (QED) is 0.313. The van der Waals surface area contributed by atoms with Gasteiger partial charge in [-0.3, -0.25) is 9.48 Å². The Morgan fingerprint density at radius 3 is 2.84 bits per heavy atom. The summed E-state index contributed by atoms with van der Waals surface area (Å²) in [4.78, 5) is 23.4. The molecule has 1 amide bonds. The van der Waals surface area contributed by atoms with Crippen LogP contribution in [0, 0.1) is 22.9 Å². The summed E-state index contributed by atoms with van der Waals surface area (Å²) >= 11 is 7.31. The molecular formula is C20H16ClFN6O3S. The Hall–Kier alpha value is -3.57. The number of hydrogen-bond acceptors (Lipinski definition) is 6. The lowest BCUT2D eigenvalue weighted by Gasteiger charge is -2.04. The number of thiophene rings is 1. The predicted molar refractivity (Wildman–Crippen MR) is 118 cm³/mol. The van der Waals surface area contributed by atoms with Crippen molar-refractivity contribution in [3.63, 3.8) is 0 Å². The van der Waals surface area contributed by atoms with Crippen molar-refractivity contribution in [3.8, 4) is 0 Å². The van der Waals surface area contributed by atoms with E-state index >= 15 is 0 Å². The third-order valence-electron chi connectivity index (χ3n) is 4.60. The summed E-state index contributed by atoms with van der Waals surface area (Å²) in [6, 6.07) is 7.26. The van der Waals surface area contributed by atoms with Crippen LogP contribution in [0.15, 0.2) is 48.1 Å². The summed E-state index contributed by atoms with van der Waals surface area (Å²) in [5, 5.41) is 23.9. The number of halogens is 2. The maximum absolute atomic E-state index is 13.2. The zero-order valence-electron chi connectivity index (χ0n) is 16.7. The van der Waals surface area contributed by atoms with Gasteiger partial charge in [0.2, 0.25) is 0 Å². The average Bonchev–Trinajstić information content (AvgIpc) is 3.46. The third-order valence-corrected chi connectivity index (χ3v) is 5.93. The van der Waals surface area contributed by atoms with E-state index in [9.17, 15) is 19.3 Å². The van der Waals surface area contributed by atoms with Crippen molar-refractivity contribution >= 4 is 40.4 Å². The number of benzene rings is 1. The largest absolute Gasteiger partial charge is 0.390 e. The van der Waals surface area contributed by atoms with Crippen molar-refractivity contribution in [2.24, 2.45) is 0 Å². The molecule has 0 spiro atoms. The Bertz CT molecular complexity index is 1310. The van der Waals surface area contributed by atoms with Crippen LogP contribution in [0.2, 0.25) is 5.02 Å². The molecular weight excluding hydrogens is 459 g/mol. The standard InChI is InChI=1S/C20H16ClFN6O3S/c1-12-4-19(28(30)31)25-27(12)8-13-5-18(32-11-13)20(29)24-16-7-23-26(10-16)9-14-2-3-15(22)6-17(14)21/h2-7,10-11H,8-9H2,1H3,(H,24,29). The number of amides is 1.